The van der Waals surface area contributed by atoms with E-state index in [0.717, 1.165) is 5.56 Å². The van der Waals surface area contributed by atoms with Crippen LogP contribution in [0.15, 0.2) is 18.2 Å². The summed E-state index contributed by atoms with van der Waals surface area (Å²) in [5.74, 6) is 1.37. The van der Waals surface area contributed by atoms with Gasteiger partial charge < -0.3 is 19.4 Å². The van der Waals surface area contributed by atoms with Gasteiger partial charge in [0, 0.05) is 6.42 Å². The molecule has 1 aromatic carbocycles. The third kappa shape index (κ3) is 2.02. The van der Waals surface area contributed by atoms with Gasteiger partial charge in [-0.2, -0.15) is 0 Å². The molecule has 0 bridgehead atoms. The molecule has 0 fully saturated rings. The van der Waals surface area contributed by atoms with Gasteiger partial charge in [-0.05, 0) is 24.1 Å². The fourth-order valence-corrected chi connectivity index (χ4v) is 1.65. The minimum Gasteiger partial charge on any atom is -0.454 e. The van der Waals surface area contributed by atoms with Crippen molar-refractivity contribution in [2.75, 3.05) is 6.79 Å². The number of aldehydes is 1. The largest absolute Gasteiger partial charge is 0.454 e. The summed E-state index contributed by atoms with van der Waals surface area (Å²) in [5, 5.41) is 9.89. The summed E-state index contributed by atoms with van der Waals surface area (Å²) in [7, 11) is 0. The Balaban J connectivity index is 2.19. The lowest BCUT2D eigenvalue weighted by atomic mass is 9.93. The third-order valence-electron chi connectivity index (χ3n) is 2.78. The van der Waals surface area contributed by atoms with E-state index >= 15 is 0 Å². The van der Waals surface area contributed by atoms with Crippen molar-refractivity contribution in [1.29, 1.82) is 0 Å². The van der Waals surface area contributed by atoms with Gasteiger partial charge in [-0.25, -0.2) is 0 Å². The molecule has 0 unspecified atom stereocenters. The molecule has 1 aliphatic rings. The molecule has 0 amide bonds. The number of hydrogen-bond donors (Lipinski definition) is 1. The summed E-state index contributed by atoms with van der Waals surface area (Å²) in [6.07, 6.45) is 1.28. The van der Waals surface area contributed by atoms with Gasteiger partial charge in [-0.3, -0.25) is 0 Å². The Labute approximate surface area is 93.8 Å². The molecule has 0 saturated heterocycles. The zero-order valence-corrected chi connectivity index (χ0v) is 9.10. The van der Waals surface area contributed by atoms with E-state index < -0.39 is 5.60 Å². The number of rotatable bonds is 4. The fourth-order valence-electron chi connectivity index (χ4n) is 1.65. The van der Waals surface area contributed by atoms with Gasteiger partial charge in [0.05, 0.1) is 0 Å². The van der Waals surface area contributed by atoms with Crippen LogP contribution < -0.4 is 9.47 Å². The molecule has 0 aromatic heterocycles. The van der Waals surface area contributed by atoms with E-state index in [1.165, 1.54) is 0 Å². The van der Waals surface area contributed by atoms with E-state index in [1.807, 2.05) is 6.07 Å². The van der Waals surface area contributed by atoms with Crippen molar-refractivity contribution in [2.24, 2.45) is 0 Å². The number of carbonyl (C=O) groups is 1. The van der Waals surface area contributed by atoms with Crippen LogP contribution in [0.25, 0.3) is 0 Å². The van der Waals surface area contributed by atoms with Crippen molar-refractivity contribution in [3.8, 4) is 11.5 Å². The molecule has 16 heavy (non-hydrogen) atoms. The SMILES string of the molecule is CC[C@](O)(C=O)Cc1ccc2c(c1)OCO2. The van der Waals surface area contributed by atoms with Gasteiger partial charge in [0.25, 0.3) is 0 Å². The third-order valence-corrected chi connectivity index (χ3v) is 2.78. The summed E-state index contributed by atoms with van der Waals surface area (Å²) < 4.78 is 10.4. The van der Waals surface area contributed by atoms with Gasteiger partial charge in [-0.15, -0.1) is 0 Å². The van der Waals surface area contributed by atoms with Crippen LogP contribution >= 0.6 is 0 Å². The van der Waals surface area contributed by atoms with E-state index in [1.54, 1.807) is 19.1 Å². The maximum absolute atomic E-state index is 10.8. The molecular weight excluding hydrogens is 208 g/mol. The summed E-state index contributed by atoms with van der Waals surface area (Å²) >= 11 is 0. The van der Waals surface area contributed by atoms with E-state index in [4.69, 9.17) is 9.47 Å². The monoisotopic (exact) mass is 222 g/mol. The highest BCUT2D eigenvalue weighted by atomic mass is 16.7. The fraction of sp³-hybridized carbons (Fsp3) is 0.417. The Morgan fingerprint density at radius 3 is 2.88 bits per heavy atom. The second kappa shape index (κ2) is 4.14. The Hall–Kier alpha value is -1.55. The van der Waals surface area contributed by atoms with Crippen LogP contribution in [0.3, 0.4) is 0 Å². The number of carbonyl (C=O) groups excluding carboxylic acids is 1. The molecule has 0 saturated carbocycles. The molecule has 1 aromatic rings. The average Bonchev–Trinajstić information content (AvgIpc) is 2.76. The van der Waals surface area contributed by atoms with Gasteiger partial charge >= 0.3 is 0 Å². The van der Waals surface area contributed by atoms with E-state index in [9.17, 15) is 9.90 Å². The van der Waals surface area contributed by atoms with Crippen LogP contribution in [0, 0.1) is 0 Å². The second-order valence-corrected chi connectivity index (χ2v) is 3.94. The summed E-state index contributed by atoms with van der Waals surface area (Å²) in [6, 6.07) is 5.42. The van der Waals surface area contributed by atoms with Gasteiger partial charge in [0.2, 0.25) is 6.79 Å². The van der Waals surface area contributed by atoms with Crippen molar-refractivity contribution in [2.45, 2.75) is 25.4 Å². The Morgan fingerprint density at radius 1 is 1.44 bits per heavy atom. The molecule has 1 N–H and O–H groups in total. The highest BCUT2D eigenvalue weighted by Gasteiger charge is 2.25. The molecule has 4 nitrogen and oxygen atoms in total. The molecule has 1 heterocycles. The van der Waals surface area contributed by atoms with Crippen molar-refractivity contribution in [3.63, 3.8) is 0 Å². The lowest BCUT2D eigenvalue weighted by molar-refractivity contribution is -0.124. The first-order chi connectivity index (χ1) is 7.67. The first kappa shape index (κ1) is 11.0. The van der Waals surface area contributed by atoms with Gasteiger partial charge in [-0.1, -0.05) is 13.0 Å². The van der Waals surface area contributed by atoms with Crippen molar-refractivity contribution in [3.05, 3.63) is 23.8 Å². The van der Waals surface area contributed by atoms with Crippen LogP contribution in [0.5, 0.6) is 11.5 Å². The zero-order valence-electron chi connectivity index (χ0n) is 9.10. The molecule has 0 aliphatic carbocycles. The molecule has 0 radical (unpaired) electrons. The number of hydrogen-bond acceptors (Lipinski definition) is 4. The Morgan fingerprint density at radius 2 is 2.19 bits per heavy atom. The van der Waals surface area contributed by atoms with E-state index in [-0.39, 0.29) is 6.79 Å². The minimum absolute atomic E-state index is 0.227. The molecule has 2 rings (SSSR count). The topological polar surface area (TPSA) is 55.8 Å². The van der Waals surface area contributed by atoms with Crippen molar-refractivity contribution in [1.82, 2.24) is 0 Å². The van der Waals surface area contributed by atoms with Crippen LogP contribution in [0.4, 0.5) is 0 Å². The van der Waals surface area contributed by atoms with Gasteiger partial charge in [0.15, 0.2) is 17.8 Å². The van der Waals surface area contributed by atoms with Gasteiger partial charge in [0.1, 0.15) is 5.60 Å². The normalized spacial score (nSPS) is 16.9. The lowest BCUT2D eigenvalue weighted by Gasteiger charge is -2.19. The second-order valence-electron chi connectivity index (χ2n) is 3.94. The van der Waals surface area contributed by atoms with E-state index in [2.05, 4.69) is 0 Å². The van der Waals surface area contributed by atoms with Crippen LogP contribution in [0.1, 0.15) is 18.9 Å². The van der Waals surface area contributed by atoms with Crippen LogP contribution in [-0.4, -0.2) is 23.8 Å². The molecule has 1 atom stereocenters. The number of aliphatic hydroxyl groups is 1. The predicted molar refractivity (Wildman–Crippen MR) is 57.6 cm³/mol. The summed E-state index contributed by atoms with van der Waals surface area (Å²) in [4.78, 5) is 10.8. The molecule has 86 valence electrons. The van der Waals surface area contributed by atoms with E-state index in [0.29, 0.717) is 30.6 Å². The first-order valence-electron chi connectivity index (χ1n) is 5.24. The number of benzene rings is 1. The summed E-state index contributed by atoms with van der Waals surface area (Å²) in [6.45, 7) is 2.01. The standard InChI is InChI=1S/C12H14O4/c1-2-12(14,7-13)6-9-3-4-10-11(5-9)16-8-15-10/h3-5,7,14H,2,6,8H2,1H3/t12-/m1/s1. The highest BCUT2D eigenvalue weighted by Crippen LogP contribution is 2.33. The van der Waals surface area contributed by atoms with Crippen LogP contribution in [-0.2, 0) is 11.2 Å². The summed E-state index contributed by atoms with van der Waals surface area (Å²) in [5.41, 5.74) is -0.422. The smallest absolute Gasteiger partial charge is 0.231 e. The highest BCUT2D eigenvalue weighted by molar-refractivity contribution is 5.63. The zero-order chi connectivity index (χ0) is 11.6. The number of ether oxygens (including phenoxy) is 2. The molecule has 1 aliphatic heterocycles. The number of fused-ring (bicyclic) bond motifs is 1. The van der Waals surface area contributed by atoms with Crippen molar-refractivity contribution >= 4 is 6.29 Å². The first-order valence-corrected chi connectivity index (χ1v) is 5.24. The maximum Gasteiger partial charge on any atom is 0.231 e. The molecule has 4 heteroatoms. The average molecular weight is 222 g/mol. The maximum atomic E-state index is 10.8. The van der Waals surface area contributed by atoms with Crippen LogP contribution in [0.2, 0.25) is 0 Å². The molecular formula is C12H14O4. The minimum atomic E-state index is -1.28. The van der Waals surface area contributed by atoms with Crippen molar-refractivity contribution < 1.29 is 19.4 Å². The predicted octanol–water partition coefficient (Wildman–Crippen LogP) is 1.30. The quantitative estimate of drug-likeness (QED) is 0.780. The Bertz CT molecular complexity index is 402. The molecule has 0 spiro atoms. The lowest BCUT2D eigenvalue weighted by Crippen LogP contribution is -2.32. The Kier molecular flexibility index (Phi) is 2.83.